The van der Waals surface area contributed by atoms with Crippen LogP contribution in [0, 0.1) is 0 Å². The summed E-state index contributed by atoms with van der Waals surface area (Å²) >= 11 is 5.93. The van der Waals surface area contributed by atoms with Crippen molar-refractivity contribution in [3.05, 3.63) is 70.7 Å². The fourth-order valence-corrected chi connectivity index (χ4v) is 2.41. The van der Waals surface area contributed by atoms with E-state index in [0.717, 1.165) is 0 Å². The van der Waals surface area contributed by atoms with Gasteiger partial charge >= 0.3 is 5.97 Å². The molecule has 0 fully saturated rings. The molecule has 0 saturated carbocycles. The highest BCUT2D eigenvalue weighted by Gasteiger charge is 2.38. The number of alkyl halides is 2. The molecule has 2 rings (SSSR count). The molecule has 0 aromatic heterocycles. The summed E-state index contributed by atoms with van der Waals surface area (Å²) in [4.78, 5) is 11.4. The summed E-state index contributed by atoms with van der Waals surface area (Å²) in [5, 5.41) is 9.44. The summed E-state index contributed by atoms with van der Waals surface area (Å²) in [7, 11) is 0. The van der Waals surface area contributed by atoms with Crippen molar-refractivity contribution in [2.24, 2.45) is 0 Å². The second kappa shape index (κ2) is 6.22. The van der Waals surface area contributed by atoms with E-state index in [0.29, 0.717) is 0 Å². The molecular formula is C16H13ClF2O2. The van der Waals surface area contributed by atoms with Crippen LogP contribution in [-0.4, -0.2) is 11.1 Å². The van der Waals surface area contributed by atoms with Gasteiger partial charge in [-0.1, -0.05) is 60.1 Å². The number of halogens is 3. The van der Waals surface area contributed by atoms with Gasteiger partial charge in [0.15, 0.2) is 0 Å². The molecule has 2 aromatic carbocycles. The maximum Gasteiger partial charge on any atom is 0.311 e. The highest BCUT2D eigenvalue weighted by atomic mass is 35.5. The fraction of sp³-hybridized carbons (Fsp3) is 0.188. The largest absolute Gasteiger partial charge is 0.481 e. The van der Waals surface area contributed by atoms with Crippen molar-refractivity contribution in [3.8, 4) is 0 Å². The molecule has 0 saturated heterocycles. The van der Waals surface area contributed by atoms with Gasteiger partial charge in [-0.05, 0) is 11.6 Å². The first-order valence-corrected chi connectivity index (χ1v) is 6.70. The van der Waals surface area contributed by atoms with Crippen molar-refractivity contribution in [1.82, 2.24) is 0 Å². The summed E-state index contributed by atoms with van der Waals surface area (Å²) in [6.45, 7) is 0. The highest BCUT2D eigenvalue weighted by molar-refractivity contribution is 6.31. The Morgan fingerprint density at radius 2 is 1.67 bits per heavy atom. The first-order valence-electron chi connectivity index (χ1n) is 6.32. The van der Waals surface area contributed by atoms with Crippen LogP contribution in [-0.2, 0) is 10.7 Å². The van der Waals surface area contributed by atoms with Gasteiger partial charge in [0.05, 0.1) is 5.92 Å². The average molecular weight is 311 g/mol. The van der Waals surface area contributed by atoms with Gasteiger partial charge in [0.2, 0.25) is 0 Å². The van der Waals surface area contributed by atoms with Crippen LogP contribution in [0.5, 0.6) is 0 Å². The quantitative estimate of drug-likeness (QED) is 0.870. The minimum atomic E-state index is -3.25. The molecule has 0 heterocycles. The smallest absolute Gasteiger partial charge is 0.311 e. The molecule has 1 atom stereocenters. The molecule has 0 amide bonds. The Labute approximate surface area is 126 Å². The molecule has 21 heavy (non-hydrogen) atoms. The topological polar surface area (TPSA) is 37.3 Å². The molecular weight excluding hydrogens is 298 g/mol. The molecule has 0 aliphatic carbocycles. The summed E-state index contributed by atoms with van der Waals surface area (Å²) in [6, 6.07) is 13.3. The Morgan fingerprint density at radius 3 is 2.24 bits per heavy atom. The van der Waals surface area contributed by atoms with E-state index in [1.54, 1.807) is 18.2 Å². The number of hydrogen-bond acceptors (Lipinski definition) is 1. The van der Waals surface area contributed by atoms with Crippen molar-refractivity contribution in [2.45, 2.75) is 18.3 Å². The number of aliphatic carboxylic acids is 1. The lowest BCUT2D eigenvalue weighted by molar-refractivity contribution is -0.141. The zero-order valence-electron chi connectivity index (χ0n) is 11.0. The van der Waals surface area contributed by atoms with Gasteiger partial charge in [-0.15, -0.1) is 0 Å². The van der Waals surface area contributed by atoms with Gasteiger partial charge in [0, 0.05) is 17.0 Å². The van der Waals surface area contributed by atoms with Crippen LogP contribution in [0.3, 0.4) is 0 Å². The van der Waals surface area contributed by atoms with Crippen LogP contribution in [0.1, 0.15) is 23.5 Å². The molecule has 0 radical (unpaired) electrons. The summed E-state index contributed by atoms with van der Waals surface area (Å²) in [5.74, 6) is -5.93. The van der Waals surface area contributed by atoms with Crippen LogP contribution in [0.4, 0.5) is 8.78 Å². The normalized spacial score (nSPS) is 12.9. The Bertz CT molecular complexity index is 629. The predicted molar refractivity (Wildman–Crippen MR) is 76.8 cm³/mol. The van der Waals surface area contributed by atoms with E-state index < -0.39 is 24.2 Å². The van der Waals surface area contributed by atoms with Crippen LogP contribution in [0.25, 0.3) is 0 Å². The number of rotatable bonds is 5. The van der Waals surface area contributed by atoms with E-state index in [1.807, 2.05) is 0 Å². The SMILES string of the molecule is O=C(O)C(CC(F)(F)c1ccccc1)c1ccccc1Cl. The summed E-state index contributed by atoms with van der Waals surface area (Å²) < 4.78 is 28.6. The molecule has 110 valence electrons. The molecule has 1 N–H and O–H groups in total. The van der Waals surface area contributed by atoms with Crippen LogP contribution >= 0.6 is 11.6 Å². The van der Waals surface area contributed by atoms with E-state index in [-0.39, 0.29) is 16.1 Å². The molecule has 2 nitrogen and oxygen atoms in total. The molecule has 0 bridgehead atoms. The maximum atomic E-state index is 14.3. The van der Waals surface area contributed by atoms with Crippen molar-refractivity contribution < 1.29 is 18.7 Å². The molecule has 0 aliphatic heterocycles. The fourth-order valence-electron chi connectivity index (χ4n) is 2.14. The molecule has 1 unspecified atom stereocenters. The first kappa shape index (κ1) is 15.4. The van der Waals surface area contributed by atoms with E-state index in [1.165, 1.54) is 36.4 Å². The van der Waals surface area contributed by atoms with Gasteiger partial charge in [0.1, 0.15) is 0 Å². The molecule has 2 aromatic rings. The third-order valence-electron chi connectivity index (χ3n) is 3.24. The molecule has 0 spiro atoms. The lowest BCUT2D eigenvalue weighted by atomic mass is 9.90. The van der Waals surface area contributed by atoms with Crippen molar-refractivity contribution in [1.29, 1.82) is 0 Å². The summed E-state index contributed by atoms with van der Waals surface area (Å²) in [6.07, 6.45) is -0.837. The Kier molecular flexibility index (Phi) is 4.58. The standard InChI is InChI=1S/C16H13ClF2O2/c17-14-9-5-4-8-12(14)13(15(20)21)10-16(18,19)11-6-2-1-3-7-11/h1-9,13H,10H2,(H,20,21). The maximum absolute atomic E-state index is 14.3. The minimum absolute atomic E-state index is 0.175. The molecule has 0 aliphatic rings. The lowest BCUT2D eigenvalue weighted by Crippen LogP contribution is -2.23. The number of carbonyl (C=O) groups is 1. The minimum Gasteiger partial charge on any atom is -0.481 e. The van der Waals surface area contributed by atoms with Gasteiger partial charge in [-0.3, -0.25) is 4.79 Å². The Balaban J connectivity index is 2.33. The van der Waals surface area contributed by atoms with Gasteiger partial charge < -0.3 is 5.11 Å². The second-order valence-electron chi connectivity index (χ2n) is 4.69. The third kappa shape index (κ3) is 3.58. The highest BCUT2D eigenvalue weighted by Crippen LogP contribution is 2.39. The van der Waals surface area contributed by atoms with Gasteiger partial charge in [0.25, 0.3) is 5.92 Å². The Hall–Kier alpha value is -1.94. The predicted octanol–water partition coefficient (Wildman–Crippen LogP) is 4.69. The van der Waals surface area contributed by atoms with Crippen molar-refractivity contribution >= 4 is 17.6 Å². The van der Waals surface area contributed by atoms with Gasteiger partial charge in [-0.2, -0.15) is 0 Å². The van der Waals surface area contributed by atoms with Crippen LogP contribution in [0.2, 0.25) is 5.02 Å². The van der Waals surface area contributed by atoms with Crippen molar-refractivity contribution in [3.63, 3.8) is 0 Å². The van der Waals surface area contributed by atoms with Crippen molar-refractivity contribution in [2.75, 3.05) is 0 Å². The van der Waals surface area contributed by atoms with E-state index >= 15 is 0 Å². The third-order valence-corrected chi connectivity index (χ3v) is 3.58. The van der Waals surface area contributed by atoms with Gasteiger partial charge in [-0.25, -0.2) is 8.78 Å². The zero-order chi connectivity index (χ0) is 15.5. The van der Waals surface area contributed by atoms with E-state index in [2.05, 4.69) is 0 Å². The number of benzene rings is 2. The average Bonchev–Trinajstić information content (AvgIpc) is 2.46. The Morgan fingerprint density at radius 1 is 1.10 bits per heavy atom. The van der Waals surface area contributed by atoms with Crippen LogP contribution in [0.15, 0.2) is 54.6 Å². The van der Waals surface area contributed by atoms with Crippen LogP contribution < -0.4 is 0 Å². The first-order chi connectivity index (χ1) is 9.92. The lowest BCUT2D eigenvalue weighted by Gasteiger charge is -2.22. The number of carboxylic acids is 1. The number of hydrogen-bond donors (Lipinski definition) is 1. The summed E-state index contributed by atoms with van der Waals surface area (Å²) in [5.41, 5.74) is -0.00873. The monoisotopic (exact) mass is 310 g/mol. The molecule has 5 heteroatoms. The van der Waals surface area contributed by atoms with E-state index in [9.17, 15) is 18.7 Å². The van der Waals surface area contributed by atoms with E-state index in [4.69, 9.17) is 11.6 Å². The second-order valence-corrected chi connectivity index (χ2v) is 5.09. The number of carboxylic acid groups (broad SMARTS) is 1. The zero-order valence-corrected chi connectivity index (χ0v) is 11.7.